The summed E-state index contributed by atoms with van der Waals surface area (Å²) in [5.41, 5.74) is 1.33. The molecule has 0 aromatic heterocycles. The maximum atomic E-state index is 10.2. The second-order valence-corrected chi connectivity index (χ2v) is 2.85. The molecular formula is C11H10N2O. The number of hydrogen-bond donors (Lipinski definition) is 0. The van der Waals surface area contributed by atoms with Crippen molar-refractivity contribution < 1.29 is 4.79 Å². The van der Waals surface area contributed by atoms with Crippen molar-refractivity contribution >= 4 is 11.8 Å². The van der Waals surface area contributed by atoms with Crippen molar-refractivity contribution in [2.24, 2.45) is 4.99 Å². The minimum atomic E-state index is -0.205. The lowest BCUT2D eigenvalue weighted by molar-refractivity contribution is 0.565. The smallest absolute Gasteiger partial charge is 0.211 e. The molecule has 0 spiro atoms. The van der Waals surface area contributed by atoms with E-state index >= 15 is 0 Å². The summed E-state index contributed by atoms with van der Waals surface area (Å²) in [6.45, 7) is 1.93. The Bertz CT molecular complexity index is 400. The highest BCUT2D eigenvalue weighted by molar-refractivity contribution is 5.55. The summed E-state index contributed by atoms with van der Waals surface area (Å²) in [6.07, 6.45) is 2.20. The predicted octanol–water partition coefficient (Wildman–Crippen LogP) is 2.67. The molecule has 3 heteroatoms. The number of nitriles is 1. The zero-order valence-electron chi connectivity index (χ0n) is 7.90. The van der Waals surface area contributed by atoms with E-state index in [1.165, 1.54) is 6.08 Å². The summed E-state index contributed by atoms with van der Waals surface area (Å²) in [5, 5.41) is 8.88. The largest absolute Gasteiger partial charge is 0.240 e. The second-order valence-electron chi connectivity index (χ2n) is 2.85. The molecule has 1 rings (SSSR count). The van der Waals surface area contributed by atoms with Crippen LogP contribution >= 0.6 is 0 Å². The number of isocyanates is 1. The molecule has 1 aromatic rings. The first-order valence-electron chi connectivity index (χ1n) is 4.40. The van der Waals surface area contributed by atoms with Gasteiger partial charge in [-0.3, -0.25) is 0 Å². The van der Waals surface area contributed by atoms with E-state index in [-0.39, 0.29) is 5.92 Å². The van der Waals surface area contributed by atoms with E-state index in [1.54, 1.807) is 12.1 Å². The van der Waals surface area contributed by atoms with Gasteiger partial charge in [-0.05, 0) is 18.1 Å². The third-order valence-corrected chi connectivity index (χ3v) is 2.04. The maximum absolute atomic E-state index is 10.2. The quantitative estimate of drug-likeness (QED) is 0.538. The molecule has 0 heterocycles. The topological polar surface area (TPSA) is 53.2 Å². The van der Waals surface area contributed by atoms with Crippen LogP contribution in [-0.2, 0) is 4.79 Å². The van der Waals surface area contributed by atoms with Crippen molar-refractivity contribution in [1.82, 2.24) is 0 Å². The first-order valence-corrected chi connectivity index (χ1v) is 4.40. The van der Waals surface area contributed by atoms with E-state index in [4.69, 9.17) is 5.26 Å². The fourth-order valence-electron chi connectivity index (χ4n) is 1.31. The molecule has 0 amide bonds. The van der Waals surface area contributed by atoms with Gasteiger partial charge < -0.3 is 0 Å². The Kier molecular flexibility index (Phi) is 3.60. The minimum absolute atomic E-state index is 0.205. The molecule has 0 aliphatic rings. The third kappa shape index (κ3) is 2.07. The maximum Gasteiger partial charge on any atom is 0.240 e. The Morgan fingerprint density at radius 2 is 2.21 bits per heavy atom. The zero-order valence-corrected chi connectivity index (χ0v) is 7.90. The molecule has 0 aliphatic heterocycles. The van der Waals surface area contributed by atoms with Gasteiger partial charge in [0, 0.05) is 0 Å². The van der Waals surface area contributed by atoms with Gasteiger partial charge in [0.25, 0.3) is 0 Å². The van der Waals surface area contributed by atoms with Gasteiger partial charge in [0.2, 0.25) is 6.08 Å². The molecule has 0 aliphatic carbocycles. The highest BCUT2D eigenvalue weighted by Gasteiger charge is 2.11. The lowest BCUT2D eigenvalue weighted by Crippen LogP contribution is -1.93. The van der Waals surface area contributed by atoms with Gasteiger partial charge in [0.15, 0.2) is 0 Å². The Hall–Kier alpha value is -1.91. The fourth-order valence-corrected chi connectivity index (χ4v) is 1.31. The van der Waals surface area contributed by atoms with Crippen molar-refractivity contribution in [2.75, 3.05) is 0 Å². The van der Waals surface area contributed by atoms with Crippen LogP contribution in [0.15, 0.2) is 29.3 Å². The van der Waals surface area contributed by atoms with Gasteiger partial charge in [-0.15, -0.1) is 0 Å². The van der Waals surface area contributed by atoms with Crippen LogP contribution in [0.3, 0.4) is 0 Å². The third-order valence-electron chi connectivity index (χ3n) is 2.04. The number of benzene rings is 1. The summed E-state index contributed by atoms with van der Waals surface area (Å²) in [5.74, 6) is -0.205. The normalized spacial score (nSPS) is 11.1. The summed E-state index contributed by atoms with van der Waals surface area (Å²) in [4.78, 5) is 13.7. The highest BCUT2D eigenvalue weighted by atomic mass is 16.1. The summed E-state index contributed by atoms with van der Waals surface area (Å²) >= 11 is 0. The standard InChI is InChI=1S/C11H10N2O/c1-2-9(7-12)10-5-3-4-6-11(10)13-8-14/h3-6,9H,2H2,1H3. The number of hydrogen-bond acceptors (Lipinski definition) is 3. The van der Waals surface area contributed by atoms with Crippen LogP contribution in [0.4, 0.5) is 5.69 Å². The van der Waals surface area contributed by atoms with E-state index in [1.807, 2.05) is 19.1 Å². The molecule has 0 saturated heterocycles. The summed E-state index contributed by atoms with van der Waals surface area (Å²) in [6, 6.07) is 9.31. The molecule has 1 unspecified atom stereocenters. The van der Waals surface area contributed by atoms with Crippen LogP contribution in [0, 0.1) is 11.3 Å². The average molecular weight is 186 g/mol. The van der Waals surface area contributed by atoms with E-state index in [2.05, 4.69) is 11.1 Å². The number of rotatable bonds is 3. The molecule has 0 bridgehead atoms. The van der Waals surface area contributed by atoms with E-state index in [0.29, 0.717) is 12.1 Å². The summed E-state index contributed by atoms with van der Waals surface area (Å²) in [7, 11) is 0. The monoisotopic (exact) mass is 186 g/mol. The SMILES string of the molecule is CCC(C#N)c1ccccc1N=C=O. The Labute approximate surface area is 82.7 Å². The zero-order chi connectivity index (χ0) is 10.4. The van der Waals surface area contributed by atoms with Crippen LogP contribution in [0.2, 0.25) is 0 Å². The van der Waals surface area contributed by atoms with E-state index in [9.17, 15) is 4.79 Å². The lowest BCUT2D eigenvalue weighted by atomic mass is 9.96. The van der Waals surface area contributed by atoms with Crippen LogP contribution in [0.5, 0.6) is 0 Å². The minimum Gasteiger partial charge on any atom is -0.211 e. The van der Waals surface area contributed by atoms with Crippen molar-refractivity contribution in [3.8, 4) is 6.07 Å². The molecule has 0 fully saturated rings. The van der Waals surface area contributed by atoms with Crippen molar-refractivity contribution in [3.05, 3.63) is 29.8 Å². The van der Waals surface area contributed by atoms with Gasteiger partial charge in [-0.2, -0.15) is 10.3 Å². The second kappa shape index (κ2) is 4.96. The Morgan fingerprint density at radius 1 is 1.50 bits per heavy atom. The number of aliphatic imine (C=N–C) groups is 1. The lowest BCUT2D eigenvalue weighted by Gasteiger charge is -2.07. The predicted molar refractivity (Wildman–Crippen MR) is 52.9 cm³/mol. The fraction of sp³-hybridized carbons (Fsp3) is 0.273. The first-order chi connectivity index (χ1) is 6.83. The highest BCUT2D eigenvalue weighted by Crippen LogP contribution is 2.27. The van der Waals surface area contributed by atoms with Crippen LogP contribution < -0.4 is 0 Å². The molecule has 1 aromatic carbocycles. The number of nitrogens with zero attached hydrogens (tertiary/aromatic N) is 2. The Balaban J connectivity index is 3.19. The molecule has 0 radical (unpaired) electrons. The van der Waals surface area contributed by atoms with Crippen molar-refractivity contribution in [1.29, 1.82) is 5.26 Å². The van der Waals surface area contributed by atoms with Gasteiger partial charge in [-0.1, -0.05) is 25.1 Å². The molecule has 3 nitrogen and oxygen atoms in total. The average Bonchev–Trinajstić information content (AvgIpc) is 2.23. The van der Waals surface area contributed by atoms with Crippen molar-refractivity contribution in [3.63, 3.8) is 0 Å². The van der Waals surface area contributed by atoms with Gasteiger partial charge in [0.05, 0.1) is 17.7 Å². The van der Waals surface area contributed by atoms with Gasteiger partial charge in [0.1, 0.15) is 0 Å². The van der Waals surface area contributed by atoms with Crippen LogP contribution in [0.1, 0.15) is 24.8 Å². The molecule has 1 atom stereocenters. The van der Waals surface area contributed by atoms with Crippen molar-refractivity contribution in [2.45, 2.75) is 19.3 Å². The number of carbonyl (C=O) groups excluding carboxylic acids is 1. The molecule has 14 heavy (non-hydrogen) atoms. The van der Waals surface area contributed by atoms with E-state index < -0.39 is 0 Å². The van der Waals surface area contributed by atoms with E-state index in [0.717, 1.165) is 5.56 Å². The summed E-state index contributed by atoms with van der Waals surface area (Å²) < 4.78 is 0. The van der Waals surface area contributed by atoms with Crippen LogP contribution in [-0.4, -0.2) is 6.08 Å². The molecule has 0 N–H and O–H groups in total. The van der Waals surface area contributed by atoms with Gasteiger partial charge >= 0.3 is 0 Å². The molecular weight excluding hydrogens is 176 g/mol. The molecule has 70 valence electrons. The van der Waals surface area contributed by atoms with Crippen LogP contribution in [0.25, 0.3) is 0 Å². The first kappa shape index (κ1) is 10.2. The van der Waals surface area contributed by atoms with Gasteiger partial charge in [-0.25, -0.2) is 4.79 Å². The number of para-hydroxylation sites is 1. The molecule has 0 saturated carbocycles. The Morgan fingerprint density at radius 3 is 2.79 bits per heavy atom.